The Morgan fingerprint density at radius 3 is 2.47 bits per heavy atom. The molecule has 1 aliphatic heterocycles. The van der Waals surface area contributed by atoms with Crippen LogP contribution in [0.5, 0.6) is 5.75 Å². The molecular formula is C28H36F3N2O3+. The summed E-state index contributed by atoms with van der Waals surface area (Å²) in [6.07, 6.45) is 4.62. The average Bonchev–Trinajstić information content (AvgIpc) is 3.13. The van der Waals surface area contributed by atoms with Gasteiger partial charge in [-0.1, -0.05) is 19.9 Å². The normalized spacial score (nSPS) is 41.9. The molecule has 36 heavy (non-hydrogen) atoms. The van der Waals surface area contributed by atoms with Crippen molar-refractivity contribution < 1.29 is 27.5 Å². The van der Waals surface area contributed by atoms with Gasteiger partial charge >= 0.3 is 12.3 Å². The van der Waals surface area contributed by atoms with E-state index < -0.39 is 6.36 Å². The predicted molar refractivity (Wildman–Crippen MR) is 131 cm³/mol. The quantitative estimate of drug-likeness (QED) is 0.541. The van der Waals surface area contributed by atoms with Crippen molar-refractivity contribution in [3.63, 3.8) is 0 Å². The largest absolute Gasteiger partial charge is 0.573 e. The second-order valence-corrected chi connectivity index (χ2v) is 12.2. The van der Waals surface area contributed by atoms with Gasteiger partial charge in [-0.05, 0) is 74.3 Å². The van der Waals surface area contributed by atoms with Gasteiger partial charge in [0.25, 0.3) is 0 Å². The predicted octanol–water partition coefficient (Wildman–Crippen LogP) is 5.64. The van der Waals surface area contributed by atoms with Gasteiger partial charge in [-0.2, -0.15) is 0 Å². The number of carbonyl (C=O) groups excluding carboxylic acids is 2. The molecule has 1 aromatic carbocycles. The molecule has 1 aromatic rings. The third kappa shape index (κ3) is 3.54. The summed E-state index contributed by atoms with van der Waals surface area (Å²) in [5.74, 6) is 0.687. The van der Waals surface area contributed by atoms with Crippen molar-refractivity contribution in [1.82, 2.24) is 4.48 Å². The molecule has 196 valence electrons. The lowest BCUT2D eigenvalue weighted by molar-refractivity contribution is -0.274. The van der Waals surface area contributed by atoms with Crippen LogP contribution in [0, 0.1) is 41.4 Å². The molecule has 1 heterocycles. The Labute approximate surface area is 210 Å². The molecule has 3 fully saturated rings. The van der Waals surface area contributed by atoms with E-state index in [9.17, 15) is 22.8 Å². The lowest BCUT2D eigenvalue weighted by atomic mass is 9.47. The minimum absolute atomic E-state index is 0.0259. The van der Waals surface area contributed by atoms with Crippen LogP contribution in [0.15, 0.2) is 30.4 Å². The van der Waals surface area contributed by atoms with Crippen molar-refractivity contribution in [1.29, 1.82) is 0 Å². The summed E-state index contributed by atoms with van der Waals surface area (Å²) in [6.45, 7) is 6.25. The van der Waals surface area contributed by atoms with Gasteiger partial charge in [0.2, 0.25) is 5.91 Å². The number of alkyl halides is 3. The van der Waals surface area contributed by atoms with Crippen molar-refractivity contribution in [3.05, 3.63) is 35.9 Å². The van der Waals surface area contributed by atoms with E-state index in [1.54, 1.807) is 19.1 Å². The molecule has 0 bridgehead atoms. The summed E-state index contributed by atoms with van der Waals surface area (Å²) >= 11 is 0. The van der Waals surface area contributed by atoms with E-state index in [-0.39, 0.29) is 44.8 Å². The van der Waals surface area contributed by atoms with E-state index in [4.69, 9.17) is 5.73 Å². The highest BCUT2D eigenvalue weighted by Gasteiger charge is 2.65. The van der Waals surface area contributed by atoms with Gasteiger partial charge in [0, 0.05) is 35.5 Å². The number of fused-ring (bicyclic) bond motifs is 5. The van der Waals surface area contributed by atoms with Crippen molar-refractivity contribution >= 4 is 17.5 Å². The first-order chi connectivity index (χ1) is 16.7. The van der Waals surface area contributed by atoms with Crippen molar-refractivity contribution in [3.8, 4) is 5.75 Å². The van der Waals surface area contributed by atoms with E-state index in [1.165, 1.54) is 12.1 Å². The van der Waals surface area contributed by atoms with Gasteiger partial charge in [0.1, 0.15) is 17.5 Å². The third-order valence-electron chi connectivity index (χ3n) is 10.6. The van der Waals surface area contributed by atoms with Crippen LogP contribution in [-0.4, -0.2) is 31.3 Å². The summed E-state index contributed by atoms with van der Waals surface area (Å²) in [5.41, 5.74) is 6.81. The molecule has 8 heteroatoms. The number of hydrogen-bond donors (Lipinski definition) is 1. The smallest absolute Gasteiger partial charge is 0.406 e. The third-order valence-corrected chi connectivity index (χ3v) is 10.6. The highest BCUT2D eigenvalue weighted by atomic mass is 19.4. The number of halogens is 3. The second kappa shape index (κ2) is 8.07. The minimum Gasteiger partial charge on any atom is -0.406 e. The number of likely N-dealkylation sites (N-methyl/N-ethyl adjacent to an activating group) is 1. The molecular weight excluding hydrogens is 469 g/mol. The molecule has 5 rings (SSSR count). The lowest BCUT2D eigenvalue weighted by Crippen LogP contribution is -2.69. The fraction of sp³-hybridized carbons (Fsp3) is 0.643. The first-order valence-electron chi connectivity index (χ1n) is 13.0. The molecule has 0 saturated heterocycles. The fourth-order valence-corrected chi connectivity index (χ4v) is 9.08. The standard InChI is InChI=1S/C28H35F3N2O3/c1-16-15-17(36-28(29,30)31)5-9-22(16)33(4)23-10-6-18-19-7-8-21(25(32)35)26(19,2)13-11-20(18)27(23,3)14-12-24(33)34/h5,9,12,14-15,18-21,23H,6-8,10-11,13H2,1-4H3,(H-,32,35)/p+1/t18-,19-,20-,21+,23+,26-,27+,33?/m0/s1. The number of carbonyl (C=O) groups is 2. The summed E-state index contributed by atoms with van der Waals surface area (Å²) in [5, 5.41) is 0. The number of nitrogens with zero attached hydrogens (tertiary/aromatic N) is 1. The molecule has 8 atom stereocenters. The summed E-state index contributed by atoms with van der Waals surface area (Å²) in [6, 6.07) is 4.27. The Kier molecular flexibility index (Phi) is 5.67. The maximum atomic E-state index is 13.5. The molecule has 0 spiro atoms. The lowest BCUT2D eigenvalue weighted by Gasteiger charge is -2.61. The Morgan fingerprint density at radius 2 is 1.83 bits per heavy atom. The van der Waals surface area contributed by atoms with Crippen LogP contribution in [0.2, 0.25) is 0 Å². The van der Waals surface area contributed by atoms with Crippen molar-refractivity contribution in [2.75, 3.05) is 7.05 Å². The SMILES string of the molecule is Cc1cc(OC(F)(F)F)ccc1[N+]1(C)C(=O)C=C[C@@]2(C)[C@H]1CC[C@@H]1[C@@H]2CC[C@]2(C)[C@@H](C(N)=O)CC[C@@H]12. The van der Waals surface area contributed by atoms with E-state index >= 15 is 0 Å². The Balaban J connectivity index is 1.50. The molecule has 2 N–H and O–H groups in total. The molecule has 0 aromatic heterocycles. The van der Waals surface area contributed by atoms with Gasteiger partial charge in [0.05, 0.1) is 7.05 Å². The van der Waals surface area contributed by atoms with Gasteiger partial charge < -0.3 is 10.5 Å². The highest BCUT2D eigenvalue weighted by molar-refractivity contribution is 5.99. The van der Waals surface area contributed by atoms with Crippen LogP contribution in [0.1, 0.15) is 57.9 Å². The Bertz CT molecular complexity index is 1130. The molecule has 2 amide bonds. The minimum atomic E-state index is -4.77. The van der Waals surface area contributed by atoms with Gasteiger partial charge in [0.15, 0.2) is 0 Å². The number of benzene rings is 1. The highest BCUT2D eigenvalue weighted by Crippen LogP contribution is 2.66. The molecule has 1 unspecified atom stereocenters. The number of quaternary nitrogens is 1. The number of primary amides is 1. The monoisotopic (exact) mass is 505 g/mol. The second-order valence-electron chi connectivity index (χ2n) is 12.2. The topological polar surface area (TPSA) is 69.4 Å². The van der Waals surface area contributed by atoms with E-state index in [0.717, 1.165) is 38.5 Å². The van der Waals surface area contributed by atoms with Gasteiger partial charge in [-0.15, -0.1) is 13.2 Å². The zero-order valence-corrected chi connectivity index (χ0v) is 21.4. The zero-order chi connectivity index (χ0) is 26.3. The number of aryl methyl sites for hydroxylation is 1. The Hall–Kier alpha value is -2.35. The number of amides is 2. The molecule has 3 aliphatic carbocycles. The van der Waals surface area contributed by atoms with E-state index in [1.807, 2.05) is 7.05 Å². The molecule has 3 saturated carbocycles. The first kappa shape index (κ1) is 25.3. The van der Waals surface area contributed by atoms with E-state index in [0.29, 0.717) is 29.0 Å². The summed E-state index contributed by atoms with van der Waals surface area (Å²) in [7, 11) is 1.91. The van der Waals surface area contributed by atoms with Crippen LogP contribution in [-0.2, 0) is 9.59 Å². The van der Waals surface area contributed by atoms with Gasteiger partial charge in [-0.25, -0.2) is 9.28 Å². The first-order valence-corrected chi connectivity index (χ1v) is 13.0. The number of rotatable bonds is 3. The van der Waals surface area contributed by atoms with Crippen LogP contribution >= 0.6 is 0 Å². The van der Waals surface area contributed by atoms with Gasteiger partial charge in [-0.3, -0.25) is 4.79 Å². The Morgan fingerprint density at radius 1 is 1.11 bits per heavy atom. The number of nitrogens with two attached hydrogens (primary N) is 1. The van der Waals surface area contributed by atoms with Crippen molar-refractivity contribution in [2.45, 2.75) is 71.7 Å². The number of ether oxygens (including phenoxy) is 1. The average molecular weight is 506 g/mol. The van der Waals surface area contributed by atoms with Crippen LogP contribution in [0.25, 0.3) is 0 Å². The van der Waals surface area contributed by atoms with E-state index in [2.05, 4.69) is 24.7 Å². The summed E-state index contributed by atoms with van der Waals surface area (Å²) in [4.78, 5) is 25.7. The van der Waals surface area contributed by atoms with Crippen LogP contribution in [0.4, 0.5) is 18.9 Å². The molecule has 0 radical (unpaired) electrons. The fourth-order valence-electron chi connectivity index (χ4n) is 9.08. The summed E-state index contributed by atoms with van der Waals surface area (Å²) < 4.78 is 42.5. The maximum absolute atomic E-state index is 13.5. The number of hydrogen-bond acceptors (Lipinski definition) is 3. The maximum Gasteiger partial charge on any atom is 0.573 e. The van der Waals surface area contributed by atoms with Crippen LogP contribution < -0.4 is 15.0 Å². The van der Waals surface area contributed by atoms with Crippen molar-refractivity contribution in [2.24, 2.45) is 40.2 Å². The molecule has 4 aliphatic rings. The van der Waals surface area contributed by atoms with Crippen LogP contribution in [0.3, 0.4) is 0 Å². The molecule has 5 nitrogen and oxygen atoms in total. The zero-order valence-electron chi connectivity index (χ0n) is 21.4.